The number of ether oxygens (including phenoxy) is 1. The van der Waals surface area contributed by atoms with Gasteiger partial charge in [0, 0.05) is 25.7 Å². The van der Waals surface area contributed by atoms with Crippen LogP contribution in [0.15, 0.2) is 4.47 Å². The van der Waals surface area contributed by atoms with Gasteiger partial charge in [0.15, 0.2) is 0 Å². The first kappa shape index (κ1) is 16.5. The van der Waals surface area contributed by atoms with Gasteiger partial charge >= 0.3 is 5.97 Å². The largest absolute Gasteiger partial charge is 0.481 e. The molecule has 118 valence electrons. The highest BCUT2D eigenvalue weighted by atomic mass is 79.9. The molecule has 0 saturated carbocycles. The molecule has 6 nitrogen and oxygen atoms in total. The van der Waals surface area contributed by atoms with Crippen LogP contribution in [-0.2, 0) is 29.0 Å². The second kappa shape index (κ2) is 7.38. The van der Waals surface area contributed by atoms with E-state index < -0.39 is 5.97 Å². The van der Waals surface area contributed by atoms with E-state index in [-0.39, 0.29) is 12.5 Å². The van der Waals surface area contributed by atoms with Crippen molar-refractivity contribution < 1.29 is 14.6 Å². The van der Waals surface area contributed by atoms with Crippen LogP contribution in [0.2, 0.25) is 0 Å². The Hall–Kier alpha value is -0.920. The highest BCUT2D eigenvalue weighted by Crippen LogP contribution is 2.25. The standard InChI is InChI=1S/C14H22BrN3O3/c1-3-11-14(15)12(18(4-2)16-11)8-17-5-6-21-9-10(17)7-13(19)20/h10H,3-9H2,1-2H3,(H,19,20). The number of carboxylic acids is 1. The third kappa shape index (κ3) is 3.84. The van der Waals surface area contributed by atoms with Crippen LogP contribution in [-0.4, -0.2) is 51.6 Å². The van der Waals surface area contributed by atoms with E-state index >= 15 is 0 Å². The van der Waals surface area contributed by atoms with Crippen LogP contribution in [0.1, 0.15) is 31.7 Å². The summed E-state index contributed by atoms with van der Waals surface area (Å²) in [6, 6.07) is -0.0755. The van der Waals surface area contributed by atoms with Gasteiger partial charge in [0.2, 0.25) is 0 Å². The number of morpholine rings is 1. The normalized spacial score (nSPS) is 19.9. The van der Waals surface area contributed by atoms with Crippen LogP contribution >= 0.6 is 15.9 Å². The fourth-order valence-electron chi connectivity index (χ4n) is 2.65. The van der Waals surface area contributed by atoms with Gasteiger partial charge < -0.3 is 9.84 Å². The zero-order valence-electron chi connectivity index (χ0n) is 12.5. The highest BCUT2D eigenvalue weighted by Gasteiger charge is 2.27. The number of halogens is 1. The minimum absolute atomic E-state index is 0.0755. The van der Waals surface area contributed by atoms with Gasteiger partial charge in [-0.1, -0.05) is 6.92 Å². The molecule has 7 heteroatoms. The molecular weight excluding hydrogens is 338 g/mol. The minimum atomic E-state index is -0.784. The lowest BCUT2D eigenvalue weighted by Crippen LogP contribution is -2.46. The molecule has 1 fully saturated rings. The molecule has 1 N–H and O–H groups in total. The second-order valence-corrected chi connectivity index (χ2v) is 5.97. The lowest BCUT2D eigenvalue weighted by Gasteiger charge is -2.34. The third-order valence-corrected chi connectivity index (χ3v) is 4.72. The van der Waals surface area contributed by atoms with E-state index in [4.69, 9.17) is 9.84 Å². The Kier molecular flexibility index (Phi) is 5.78. The van der Waals surface area contributed by atoms with Crippen LogP contribution in [0.4, 0.5) is 0 Å². The number of aromatic nitrogens is 2. The smallest absolute Gasteiger partial charge is 0.305 e. The van der Waals surface area contributed by atoms with Crippen LogP contribution in [0.5, 0.6) is 0 Å². The van der Waals surface area contributed by atoms with Crippen molar-refractivity contribution in [3.8, 4) is 0 Å². The van der Waals surface area contributed by atoms with Gasteiger partial charge in [0.05, 0.1) is 35.5 Å². The molecule has 1 aromatic heterocycles. The molecule has 2 heterocycles. The first-order valence-electron chi connectivity index (χ1n) is 7.34. The molecule has 0 aromatic carbocycles. The number of hydrogen-bond acceptors (Lipinski definition) is 4. The van der Waals surface area contributed by atoms with Crippen LogP contribution in [0.25, 0.3) is 0 Å². The van der Waals surface area contributed by atoms with E-state index in [1.165, 1.54) is 0 Å². The summed E-state index contributed by atoms with van der Waals surface area (Å²) in [6.45, 7) is 7.53. The van der Waals surface area contributed by atoms with Crippen molar-refractivity contribution in [3.05, 3.63) is 15.9 Å². The third-order valence-electron chi connectivity index (χ3n) is 3.81. The van der Waals surface area contributed by atoms with E-state index in [1.54, 1.807) is 0 Å². The molecule has 1 aromatic rings. The molecule has 21 heavy (non-hydrogen) atoms. The summed E-state index contributed by atoms with van der Waals surface area (Å²) in [5.41, 5.74) is 2.17. The maximum absolute atomic E-state index is 11.0. The summed E-state index contributed by atoms with van der Waals surface area (Å²) in [7, 11) is 0. The Bertz CT molecular complexity index is 504. The second-order valence-electron chi connectivity index (χ2n) is 5.17. The monoisotopic (exact) mass is 359 g/mol. The molecule has 2 rings (SSSR count). The van der Waals surface area contributed by atoms with E-state index in [1.807, 2.05) is 4.68 Å². The van der Waals surface area contributed by atoms with Gasteiger partial charge in [-0.15, -0.1) is 0 Å². The molecule has 0 aliphatic carbocycles. The number of hydrogen-bond donors (Lipinski definition) is 1. The first-order chi connectivity index (χ1) is 10.1. The summed E-state index contributed by atoms with van der Waals surface area (Å²) in [4.78, 5) is 13.2. The maximum atomic E-state index is 11.0. The Morgan fingerprint density at radius 2 is 2.29 bits per heavy atom. The first-order valence-corrected chi connectivity index (χ1v) is 8.13. The Balaban J connectivity index is 2.18. The molecule has 0 radical (unpaired) electrons. The van der Waals surface area contributed by atoms with E-state index in [2.05, 4.69) is 39.8 Å². The quantitative estimate of drug-likeness (QED) is 0.839. The Morgan fingerprint density at radius 1 is 1.52 bits per heavy atom. The number of carboxylic acid groups (broad SMARTS) is 1. The van der Waals surface area contributed by atoms with Gasteiger partial charge in [-0.25, -0.2) is 0 Å². The maximum Gasteiger partial charge on any atom is 0.305 e. The lowest BCUT2D eigenvalue weighted by molar-refractivity contribution is -0.140. The topological polar surface area (TPSA) is 67.6 Å². The van der Waals surface area contributed by atoms with Crippen molar-refractivity contribution >= 4 is 21.9 Å². The van der Waals surface area contributed by atoms with Crippen molar-refractivity contribution in [1.29, 1.82) is 0 Å². The van der Waals surface area contributed by atoms with Crippen molar-refractivity contribution in [2.45, 2.75) is 45.8 Å². The number of aryl methyl sites for hydroxylation is 2. The van der Waals surface area contributed by atoms with Crippen molar-refractivity contribution in [1.82, 2.24) is 14.7 Å². The summed E-state index contributed by atoms with van der Waals surface area (Å²) < 4.78 is 8.47. The van der Waals surface area contributed by atoms with E-state index in [0.717, 1.165) is 35.4 Å². The summed E-state index contributed by atoms with van der Waals surface area (Å²) >= 11 is 3.64. The molecule has 1 atom stereocenters. The number of rotatable bonds is 6. The zero-order valence-corrected chi connectivity index (χ0v) is 14.1. The lowest BCUT2D eigenvalue weighted by atomic mass is 10.1. The van der Waals surface area contributed by atoms with Gasteiger partial charge in [-0.2, -0.15) is 5.10 Å². The van der Waals surface area contributed by atoms with Crippen LogP contribution < -0.4 is 0 Å². The molecule has 1 aliphatic heterocycles. The van der Waals surface area contributed by atoms with Gasteiger partial charge in [-0.3, -0.25) is 14.4 Å². The Labute approximate surface area is 133 Å². The average molecular weight is 360 g/mol. The number of aliphatic carboxylic acids is 1. The predicted octanol–water partition coefficient (Wildman–Crippen LogP) is 1.90. The van der Waals surface area contributed by atoms with Gasteiger partial charge in [-0.05, 0) is 29.3 Å². The molecule has 1 saturated heterocycles. The fraction of sp³-hybridized carbons (Fsp3) is 0.714. The van der Waals surface area contributed by atoms with Crippen LogP contribution in [0.3, 0.4) is 0 Å². The summed E-state index contributed by atoms with van der Waals surface area (Å²) in [5.74, 6) is -0.784. The molecule has 1 unspecified atom stereocenters. The molecule has 0 spiro atoms. The van der Waals surface area contributed by atoms with Gasteiger partial charge in [0.1, 0.15) is 0 Å². The zero-order chi connectivity index (χ0) is 15.4. The molecule has 0 bridgehead atoms. The van der Waals surface area contributed by atoms with Crippen molar-refractivity contribution in [2.75, 3.05) is 19.8 Å². The Morgan fingerprint density at radius 3 is 2.90 bits per heavy atom. The number of nitrogens with zero attached hydrogens (tertiary/aromatic N) is 3. The van der Waals surface area contributed by atoms with E-state index in [9.17, 15) is 4.79 Å². The summed E-state index contributed by atoms with van der Waals surface area (Å²) in [5, 5.41) is 13.6. The van der Waals surface area contributed by atoms with Crippen molar-refractivity contribution in [3.63, 3.8) is 0 Å². The minimum Gasteiger partial charge on any atom is -0.481 e. The number of carbonyl (C=O) groups is 1. The van der Waals surface area contributed by atoms with Crippen LogP contribution in [0, 0.1) is 0 Å². The fourth-order valence-corrected chi connectivity index (χ4v) is 3.34. The van der Waals surface area contributed by atoms with E-state index in [0.29, 0.717) is 19.8 Å². The average Bonchev–Trinajstić information content (AvgIpc) is 2.77. The SMILES string of the molecule is CCc1nn(CC)c(CN2CCOCC2CC(=O)O)c1Br. The summed E-state index contributed by atoms with van der Waals surface area (Å²) in [6.07, 6.45) is 0.987. The highest BCUT2D eigenvalue weighted by molar-refractivity contribution is 9.10. The molecule has 0 amide bonds. The van der Waals surface area contributed by atoms with Crippen molar-refractivity contribution in [2.24, 2.45) is 0 Å². The molecular formula is C14H22BrN3O3. The molecule has 1 aliphatic rings. The van der Waals surface area contributed by atoms with Gasteiger partial charge in [0.25, 0.3) is 0 Å². The predicted molar refractivity (Wildman–Crippen MR) is 82.2 cm³/mol.